The minimum Gasteiger partial charge on any atom is -0.354 e. The summed E-state index contributed by atoms with van der Waals surface area (Å²) in [4.78, 5) is 16.6. The van der Waals surface area contributed by atoms with Crippen molar-refractivity contribution in [3.05, 3.63) is 22.9 Å². The quantitative estimate of drug-likeness (QED) is 0.763. The van der Waals surface area contributed by atoms with Crippen LogP contribution in [0.15, 0.2) is 6.20 Å². The lowest BCUT2D eigenvalue weighted by atomic mass is 10.1. The summed E-state index contributed by atoms with van der Waals surface area (Å²) < 4.78 is 26.3. The summed E-state index contributed by atoms with van der Waals surface area (Å²) in [6, 6.07) is 2.02. The highest BCUT2D eigenvalue weighted by Crippen LogP contribution is 2.59. The Balaban J connectivity index is 1.94. The van der Waals surface area contributed by atoms with Crippen LogP contribution in [0, 0.1) is 30.1 Å². The van der Waals surface area contributed by atoms with Crippen molar-refractivity contribution in [2.75, 3.05) is 18.0 Å². The van der Waals surface area contributed by atoms with Gasteiger partial charge in [0.15, 0.2) is 6.29 Å². The topological polar surface area (TPSA) is 57.0 Å². The lowest BCUT2D eigenvalue weighted by Crippen LogP contribution is -2.29. The van der Waals surface area contributed by atoms with Gasteiger partial charge in [-0.25, -0.2) is 13.8 Å². The lowest BCUT2D eigenvalue weighted by Gasteiger charge is -2.22. The molecule has 3 rings (SSSR count). The number of hydrogen-bond donors (Lipinski definition) is 0. The summed E-state index contributed by atoms with van der Waals surface area (Å²) in [6.45, 7) is 2.11. The van der Waals surface area contributed by atoms with E-state index in [1.807, 2.05) is 6.07 Å². The Morgan fingerprint density at radius 1 is 1.53 bits per heavy atom. The van der Waals surface area contributed by atoms with Gasteiger partial charge in [-0.3, -0.25) is 4.79 Å². The van der Waals surface area contributed by atoms with Gasteiger partial charge in [0.2, 0.25) is 0 Å². The van der Waals surface area contributed by atoms with Gasteiger partial charge in [0, 0.05) is 24.8 Å². The number of carbonyl (C=O) groups is 1. The van der Waals surface area contributed by atoms with E-state index in [-0.39, 0.29) is 13.1 Å². The molecule has 0 aromatic carbocycles. The van der Waals surface area contributed by atoms with Crippen LogP contribution in [0.2, 0.25) is 0 Å². The van der Waals surface area contributed by atoms with E-state index in [1.54, 1.807) is 11.8 Å². The number of nitriles is 1. The molecule has 4 nitrogen and oxygen atoms in total. The SMILES string of the molecule is Cc1c(C=O)cnc(N2CC3C(C2)C3(F)F)c1C#N. The van der Waals surface area contributed by atoms with E-state index in [0.717, 1.165) is 0 Å². The number of pyridine rings is 1. The number of aromatic nitrogens is 1. The number of hydrogen-bond acceptors (Lipinski definition) is 4. The number of rotatable bonds is 2. The number of anilines is 1. The van der Waals surface area contributed by atoms with Gasteiger partial charge >= 0.3 is 0 Å². The van der Waals surface area contributed by atoms with Gasteiger partial charge in [-0.1, -0.05) is 0 Å². The van der Waals surface area contributed by atoms with E-state index in [1.165, 1.54) is 6.20 Å². The molecule has 2 aliphatic rings. The van der Waals surface area contributed by atoms with Crippen LogP contribution in [-0.4, -0.2) is 30.3 Å². The molecular weight excluding hydrogens is 252 g/mol. The molecule has 0 amide bonds. The van der Waals surface area contributed by atoms with E-state index in [2.05, 4.69) is 4.98 Å². The first-order valence-corrected chi connectivity index (χ1v) is 5.98. The maximum absolute atomic E-state index is 13.2. The van der Waals surface area contributed by atoms with Crippen LogP contribution in [0.4, 0.5) is 14.6 Å². The molecule has 1 aliphatic carbocycles. The van der Waals surface area contributed by atoms with Crippen LogP contribution in [0.3, 0.4) is 0 Å². The lowest BCUT2D eigenvalue weighted by molar-refractivity contribution is 0.0797. The molecule has 0 radical (unpaired) electrons. The average Bonchev–Trinajstić information content (AvgIpc) is 2.79. The molecule has 1 saturated carbocycles. The summed E-state index contributed by atoms with van der Waals surface area (Å²) in [5, 5.41) is 9.18. The van der Waals surface area contributed by atoms with Crippen LogP contribution in [0.1, 0.15) is 21.5 Å². The highest BCUT2D eigenvalue weighted by Gasteiger charge is 2.71. The van der Waals surface area contributed by atoms with Gasteiger partial charge in [-0.2, -0.15) is 5.26 Å². The van der Waals surface area contributed by atoms with Crippen molar-refractivity contribution in [2.24, 2.45) is 11.8 Å². The molecule has 0 N–H and O–H groups in total. The molecule has 19 heavy (non-hydrogen) atoms. The molecule has 2 atom stereocenters. The molecule has 98 valence electrons. The van der Waals surface area contributed by atoms with Crippen LogP contribution in [0.25, 0.3) is 0 Å². The molecule has 6 heteroatoms. The fourth-order valence-electron chi connectivity index (χ4n) is 2.78. The second-order valence-electron chi connectivity index (χ2n) is 5.06. The summed E-state index contributed by atoms with van der Waals surface area (Å²) in [7, 11) is 0. The molecule has 0 bridgehead atoms. The Morgan fingerprint density at radius 3 is 2.68 bits per heavy atom. The Labute approximate surface area is 108 Å². The number of aldehydes is 1. The highest BCUT2D eigenvalue weighted by molar-refractivity contribution is 5.79. The number of nitrogens with zero attached hydrogens (tertiary/aromatic N) is 3. The Morgan fingerprint density at radius 2 is 2.16 bits per heavy atom. The van der Waals surface area contributed by atoms with Crippen LogP contribution < -0.4 is 4.90 Å². The number of alkyl halides is 2. The Bertz CT molecular complexity index is 595. The Hall–Kier alpha value is -2.03. The molecule has 2 fully saturated rings. The highest BCUT2D eigenvalue weighted by atomic mass is 19.3. The molecule has 1 aliphatic heterocycles. The first-order valence-electron chi connectivity index (χ1n) is 5.98. The summed E-state index contributed by atoms with van der Waals surface area (Å²) in [6.07, 6.45) is 2.03. The van der Waals surface area contributed by atoms with Crippen molar-refractivity contribution >= 4 is 12.1 Å². The first kappa shape index (κ1) is 12.0. The minimum atomic E-state index is -2.55. The van der Waals surface area contributed by atoms with Crippen molar-refractivity contribution in [3.8, 4) is 6.07 Å². The van der Waals surface area contributed by atoms with Crippen molar-refractivity contribution in [2.45, 2.75) is 12.8 Å². The number of carbonyl (C=O) groups excluding carboxylic acids is 1. The van der Waals surface area contributed by atoms with E-state index < -0.39 is 17.8 Å². The number of fused-ring (bicyclic) bond motifs is 1. The van der Waals surface area contributed by atoms with Crippen LogP contribution >= 0.6 is 0 Å². The fraction of sp³-hybridized carbons (Fsp3) is 0.462. The third-order valence-corrected chi connectivity index (χ3v) is 4.10. The first-order chi connectivity index (χ1) is 9.00. The smallest absolute Gasteiger partial charge is 0.258 e. The predicted molar refractivity (Wildman–Crippen MR) is 63.2 cm³/mol. The van der Waals surface area contributed by atoms with E-state index in [0.29, 0.717) is 28.8 Å². The molecule has 2 heterocycles. The standard InChI is InChI=1S/C13H11F2N3O/c1-7-8(6-19)3-17-12(9(7)2-16)18-4-10-11(5-18)13(10,14)15/h3,6,10-11H,4-5H2,1H3. The zero-order chi connectivity index (χ0) is 13.8. The van der Waals surface area contributed by atoms with Crippen molar-refractivity contribution in [3.63, 3.8) is 0 Å². The van der Waals surface area contributed by atoms with E-state index in [9.17, 15) is 18.8 Å². The summed E-state index contributed by atoms with van der Waals surface area (Å²) in [5.74, 6) is -3.38. The van der Waals surface area contributed by atoms with Crippen LogP contribution in [-0.2, 0) is 0 Å². The summed E-state index contributed by atoms with van der Waals surface area (Å²) >= 11 is 0. The predicted octanol–water partition coefficient (Wildman–Crippen LogP) is 1.78. The monoisotopic (exact) mass is 263 g/mol. The van der Waals surface area contributed by atoms with Crippen molar-refractivity contribution in [1.82, 2.24) is 4.98 Å². The maximum atomic E-state index is 13.2. The van der Waals surface area contributed by atoms with Crippen molar-refractivity contribution < 1.29 is 13.6 Å². The largest absolute Gasteiger partial charge is 0.354 e. The third-order valence-electron chi connectivity index (χ3n) is 4.10. The molecule has 0 spiro atoms. The van der Waals surface area contributed by atoms with Gasteiger partial charge < -0.3 is 4.90 Å². The number of piperidine rings is 1. The van der Waals surface area contributed by atoms with Gasteiger partial charge in [0.1, 0.15) is 11.9 Å². The molecule has 1 aromatic heterocycles. The van der Waals surface area contributed by atoms with Gasteiger partial charge in [0.25, 0.3) is 5.92 Å². The van der Waals surface area contributed by atoms with E-state index >= 15 is 0 Å². The zero-order valence-corrected chi connectivity index (χ0v) is 10.2. The zero-order valence-electron chi connectivity index (χ0n) is 10.2. The Kier molecular flexibility index (Phi) is 2.36. The normalized spacial score (nSPS) is 26.7. The molecule has 1 aromatic rings. The summed E-state index contributed by atoms with van der Waals surface area (Å²) in [5.41, 5.74) is 1.21. The second-order valence-corrected chi connectivity index (χ2v) is 5.06. The average molecular weight is 263 g/mol. The maximum Gasteiger partial charge on any atom is 0.258 e. The van der Waals surface area contributed by atoms with Gasteiger partial charge in [-0.15, -0.1) is 0 Å². The van der Waals surface area contributed by atoms with E-state index in [4.69, 9.17) is 0 Å². The fourth-order valence-corrected chi connectivity index (χ4v) is 2.78. The van der Waals surface area contributed by atoms with Crippen molar-refractivity contribution in [1.29, 1.82) is 5.26 Å². The minimum absolute atomic E-state index is 0.221. The van der Waals surface area contributed by atoms with Gasteiger partial charge in [-0.05, 0) is 12.5 Å². The molecule has 1 saturated heterocycles. The second kappa shape index (κ2) is 3.73. The number of halogens is 2. The third kappa shape index (κ3) is 1.54. The molecule has 2 unspecified atom stereocenters. The molecular formula is C13H11F2N3O. The van der Waals surface area contributed by atoms with Gasteiger partial charge in [0.05, 0.1) is 17.4 Å². The van der Waals surface area contributed by atoms with Crippen LogP contribution in [0.5, 0.6) is 0 Å².